The number of carbonyl (C=O) groups excluding carboxylic acids is 1. The van der Waals surface area contributed by atoms with E-state index in [0.717, 1.165) is 31.6 Å². The SMILES string of the molecule is CCOC(=O)C(C)(C)Oc1ccc2c(c1)CC(NCc1ccccc1)CC2.Cl. The molecule has 152 valence electrons. The fraction of sp³-hybridized carbons (Fsp3) is 0.435. The quantitative estimate of drug-likeness (QED) is 0.692. The first kappa shape index (κ1) is 22.3. The first-order valence-electron chi connectivity index (χ1n) is 9.73. The van der Waals surface area contributed by atoms with Crippen molar-refractivity contribution < 1.29 is 14.3 Å². The summed E-state index contributed by atoms with van der Waals surface area (Å²) in [6.45, 7) is 6.52. The smallest absolute Gasteiger partial charge is 0.349 e. The van der Waals surface area contributed by atoms with Crippen LogP contribution in [0.3, 0.4) is 0 Å². The van der Waals surface area contributed by atoms with E-state index in [1.54, 1.807) is 20.8 Å². The van der Waals surface area contributed by atoms with Gasteiger partial charge in [-0.25, -0.2) is 4.79 Å². The van der Waals surface area contributed by atoms with Crippen LogP contribution in [0, 0.1) is 0 Å². The van der Waals surface area contributed by atoms with Crippen molar-refractivity contribution in [1.82, 2.24) is 5.32 Å². The molecule has 5 heteroatoms. The third-order valence-electron chi connectivity index (χ3n) is 4.98. The Hall–Kier alpha value is -2.04. The van der Waals surface area contributed by atoms with Crippen molar-refractivity contribution in [3.05, 3.63) is 65.2 Å². The van der Waals surface area contributed by atoms with Crippen molar-refractivity contribution in [2.75, 3.05) is 6.61 Å². The zero-order chi connectivity index (χ0) is 19.3. The Morgan fingerprint density at radius 1 is 1.14 bits per heavy atom. The highest BCUT2D eigenvalue weighted by Gasteiger charge is 2.32. The summed E-state index contributed by atoms with van der Waals surface area (Å²) in [6.07, 6.45) is 3.16. The van der Waals surface area contributed by atoms with E-state index in [-0.39, 0.29) is 18.4 Å². The average Bonchev–Trinajstić information content (AvgIpc) is 2.67. The second-order valence-corrected chi connectivity index (χ2v) is 7.57. The van der Waals surface area contributed by atoms with E-state index in [0.29, 0.717) is 12.6 Å². The molecule has 0 spiro atoms. The van der Waals surface area contributed by atoms with E-state index in [9.17, 15) is 4.79 Å². The zero-order valence-corrected chi connectivity index (χ0v) is 17.7. The predicted molar refractivity (Wildman–Crippen MR) is 114 cm³/mol. The van der Waals surface area contributed by atoms with Gasteiger partial charge in [-0.2, -0.15) is 0 Å². The Kier molecular flexibility index (Phi) is 7.90. The topological polar surface area (TPSA) is 47.6 Å². The molecule has 1 aliphatic carbocycles. The third-order valence-corrected chi connectivity index (χ3v) is 4.98. The summed E-state index contributed by atoms with van der Waals surface area (Å²) in [6, 6.07) is 17.1. The van der Waals surface area contributed by atoms with E-state index in [4.69, 9.17) is 9.47 Å². The number of hydrogen-bond donors (Lipinski definition) is 1. The van der Waals surface area contributed by atoms with Crippen LogP contribution in [0.1, 0.15) is 43.9 Å². The van der Waals surface area contributed by atoms with Crippen LogP contribution >= 0.6 is 12.4 Å². The minimum Gasteiger partial charge on any atom is -0.476 e. The number of carbonyl (C=O) groups is 1. The van der Waals surface area contributed by atoms with E-state index in [1.807, 2.05) is 12.1 Å². The Labute approximate surface area is 174 Å². The molecule has 3 rings (SSSR count). The van der Waals surface area contributed by atoms with Crippen LogP contribution in [0.5, 0.6) is 5.75 Å². The number of esters is 1. The van der Waals surface area contributed by atoms with Crippen molar-refractivity contribution in [2.24, 2.45) is 0 Å². The number of fused-ring (bicyclic) bond motifs is 1. The highest BCUT2D eigenvalue weighted by atomic mass is 35.5. The van der Waals surface area contributed by atoms with Crippen LogP contribution < -0.4 is 10.1 Å². The maximum absolute atomic E-state index is 12.1. The van der Waals surface area contributed by atoms with Crippen LogP contribution in [-0.2, 0) is 28.9 Å². The molecule has 0 amide bonds. The molecule has 28 heavy (non-hydrogen) atoms. The highest BCUT2D eigenvalue weighted by molar-refractivity contribution is 5.85. The second-order valence-electron chi connectivity index (χ2n) is 7.57. The number of aryl methyl sites for hydroxylation is 1. The summed E-state index contributed by atoms with van der Waals surface area (Å²) in [5.41, 5.74) is 2.97. The van der Waals surface area contributed by atoms with E-state index >= 15 is 0 Å². The predicted octanol–water partition coefficient (Wildman–Crippen LogP) is 4.48. The van der Waals surface area contributed by atoms with Gasteiger partial charge in [-0.05, 0) is 68.9 Å². The van der Waals surface area contributed by atoms with Crippen molar-refractivity contribution in [1.29, 1.82) is 0 Å². The first-order chi connectivity index (χ1) is 13.0. The van der Waals surface area contributed by atoms with Gasteiger partial charge in [-0.3, -0.25) is 0 Å². The molecule has 1 unspecified atom stereocenters. The molecule has 0 saturated carbocycles. The summed E-state index contributed by atoms with van der Waals surface area (Å²) in [5, 5.41) is 3.67. The van der Waals surface area contributed by atoms with Crippen LogP contribution in [0.25, 0.3) is 0 Å². The highest BCUT2D eigenvalue weighted by Crippen LogP contribution is 2.28. The zero-order valence-electron chi connectivity index (χ0n) is 16.9. The fourth-order valence-electron chi connectivity index (χ4n) is 3.47. The minimum atomic E-state index is -0.996. The normalized spacial score (nSPS) is 15.9. The number of benzene rings is 2. The largest absolute Gasteiger partial charge is 0.476 e. The molecule has 2 aromatic carbocycles. The molecule has 1 atom stereocenters. The molecule has 0 bridgehead atoms. The van der Waals surface area contributed by atoms with E-state index in [2.05, 4.69) is 41.7 Å². The molecule has 0 fully saturated rings. The van der Waals surface area contributed by atoms with Gasteiger partial charge < -0.3 is 14.8 Å². The van der Waals surface area contributed by atoms with E-state index < -0.39 is 5.60 Å². The van der Waals surface area contributed by atoms with Gasteiger partial charge in [0.2, 0.25) is 0 Å². The maximum atomic E-state index is 12.1. The molecule has 0 radical (unpaired) electrons. The Morgan fingerprint density at radius 2 is 1.89 bits per heavy atom. The fourth-order valence-corrected chi connectivity index (χ4v) is 3.47. The number of hydrogen-bond acceptors (Lipinski definition) is 4. The third kappa shape index (κ3) is 5.73. The summed E-state index contributed by atoms with van der Waals surface area (Å²) in [4.78, 5) is 12.1. The molecule has 0 saturated heterocycles. The second kappa shape index (κ2) is 9.94. The lowest BCUT2D eigenvalue weighted by molar-refractivity contribution is -0.158. The van der Waals surface area contributed by atoms with Crippen LogP contribution in [0.4, 0.5) is 0 Å². The van der Waals surface area contributed by atoms with Gasteiger partial charge in [0.1, 0.15) is 5.75 Å². The minimum absolute atomic E-state index is 0. The molecular weight excluding hydrogens is 374 g/mol. The number of nitrogens with one attached hydrogen (secondary N) is 1. The van der Waals surface area contributed by atoms with Gasteiger partial charge in [-0.1, -0.05) is 36.4 Å². The van der Waals surface area contributed by atoms with Gasteiger partial charge in [0, 0.05) is 12.6 Å². The van der Waals surface area contributed by atoms with Crippen molar-refractivity contribution >= 4 is 18.4 Å². The van der Waals surface area contributed by atoms with Gasteiger partial charge >= 0.3 is 5.97 Å². The molecule has 0 heterocycles. The summed E-state index contributed by atoms with van der Waals surface area (Å²) >= 11 is 0. The summed E-state index contributed by atoms with van der Waals surface area (Å²) in [5.74, 6) is 0.376. The van der Waals surface area contributed by atoms with Crippen LogP contribution in [-0.4, -0.2) is 24.2 Å². The lowest BCUT2D eigenvalue weighted by Crippen LogP contribution is -2.39. The van der Waals surface area contributed by atoms with Crippen molar-refractivity contribution in [2.45, 2.75) is 58.2 Å². The van der Waals surface area contributed by atoms with Crippen LogP contribution in [0.2, 0.25) is 0 Å². The molecule has 2 aromatic rings. The Morgan fingerprint density at radius 3 is 2.61 bits per heavy atom. The standard InChI is InChI=1S/C23H29NO3.ClH/c1-4-26-22(25)23(2,3)27-21-13-11-18-10-12-20(14-19(18)15-21)24-16-17-8-6-5-7-9-17;/h5-9,11,13,15,20,24H,4,10,12,14,16H2,1-3H3;1H. The maximum Gasteiger partial charge on any atom is 0.349 e. The Balaban J connectivity index is 0.00000280. The van der Waals surface area contributed by atoms with E-state index in [1.165, 1.54) is 16.7 Å². The molecule has 0 aromatic heterocycles. The van der Waals surface area contributed by atoms with Crippen molar-refractivity contribution in [3.8, 4) is 5.75 Å². The van der Waals surface area contributed by atoms with Gasteiger partial charge in [0.05, 0.1) is 6.61 Å². The summed E-state index contributed by atoms with van der Waals surface area (Å²) in [7, 11) is 0. The van der Waals surface area contributed by atoms with Gasteiger partial charge in [0.15, 0.2) is 5.60 Å². The summed E-state index contributed by atoms with van der Waals surface area (Å²) < 4.78 is 11.1. The number of ether oxygens (including phenoxy) is 2. The number of rotatable bonds is 7. The first-order valence-corrected chi connectivity index (χ1v) is 9.73. The van der Waals surface area contributed by atoms with Crippen molar-refractivity contribution in [3.63, 3.8) is 0 Å². The lowest BCUT2D eigenvalue weighted by Gasteiger charge is -2.28. The molecule has 0 aliphatic heterocycles. The molecular formula is C23H30ClNO3. The van der Waals surface area contributed by atoms with Gasteiger partial charge in [-0.15, -0.1) is 12.4 Å². The van der Waals surface area contributed by atoms with Crippen LogP contribution in [0.15, 0.2) is 48.5 Å². The van der Waals surface area contributed by atoms with Gasteiger partial charge in [0.25, 0.3) is 0 Å². The monoisotopic (exact) mass is 403 g/mol. The Bertz CT molecular complexity index is 777. The lowest BCUT2D eigenvalue weighted by atomic mass is 9.88. The average molecular weight is 404 g/mol. The molecule has 1 N–H and O–H groups in total. The molecule has 4 nitrogen and oxygen atoms in total. The number of halogens is 1. The molecule has 1 aliphatic rings.